The summed E-state index contributed by atoms with van der Waals surface area (Å²) in [6.45, 7) is 1.72. The summed E-state index contributed by atoms with van der Waals surface area (Å²) in [4.78, 5) is 32.9. The van der Waals surface area contributed by atoms with Crippen molar-refractivity contribution < 1.29 is 4.79 Å². The van der Waals surface area contributed by atoms with Gasteiger partial charge in [0.2, 0.25) is 5.91 Å². The summed E-state index contributed by atoms with van der Waals surface area (Å²) in [5, 5.41) is 3.13. The summed E-state index contributed by atoms with van der Waals surface area (Å²) >= 11 is 3.33. The number of hydrogen-bond donors (Lipinski definition) is 1. The SMILES string of the molecule is Cc1cccc(NC(=O)Cn2cnc3ccc(Br)cc3c2=O)n1. The Morgan fingerprint density at radius 3 is 2.91 bits per heavy atom. The van der Waals surface area contributed by atoms with Gasteiger partial charge < -0.3 is 5.32 Å². The van der Waals surface area contributed by atoms with Gasteiger partial charge in [-0.25, -0.2) is 9.97 Å². The van der Waals surface area contributed by atoms with E-state index in [1.54, 1.807) is 24.3 Å². The molecule has 0 spiro atoms. The van der Waals surface area contributed by atoms with Gasteiger partial charge in [0.15, 0.2) is 0 Å². The molecule has 6 nitrogen and oxygen atoms in total. The molecule has 7 heteroatoms. The fraction of sp³-hybridized carbons (Fsp3) is 0.125. The molecule has 1 aromatic carbocycles. The molecule has 1 amide bonds. The van der Waals surface area contributed by atoms with Crippen molar-refractivity contribution in [3.05, 3.63) is 63.2 Å². The van der Waals surface area contributed by atoms with Crippen molar-refractivity contribution in [2.45, 2.75) is 13.5 Å². The average Bonchev–Trinajstić information content (AvgIpc) is 2.50. The van der Waals surface area contributed by atoms with E-state index in [2.05, 4.69) is 31.2 Å². The predicted octanol–water partition coefficient (Wildman–Crippen LogP) is 2.50. The molecule has 0 fully saturated rings. The van der Waals surface area contributed by atoms with Crippen LogP contribution in [0.3, 0.4) is 0 Å². The van der Waals surface area contributed by atoms with E-state index in [1.807, 2.05) is 19.1 Å². The number of anilines is 1. The van der Waals surface area contributed by atoms with Crippen molar-refractivity contribution in [3.8, 4) is 0 Å². The van der Waals surface area contributed by atoms with Crippen molar-refractivity contribution >= 4 is 38.6 Å². The van der Waals surface area contributed by atoms with Crippen LogP contribution in [0, 0.1) is 6.92 Å². The number of pyridine rings is 1. The Balaban J connectivity index is 1.85. The number of benzene rings is 1. The molecule has 0 saturated carbocycles. The molecule has 2 aromatic heterocycles. The number of halogens is 1. The highest BCUT2D eigenvalue weighted by Gasteiger charge is 2.09. The third-order valence-corrected chi connectivity index (χ3v) is 3.75. The van der Waals surface area contributed by atoms with Crippen LogP contribution in [0.15, 0.2) is 52.0 Å². The van der Waals surface area contributed by atoms with Gasteiger partial charge in [-0.05, 0) is 37.3 Å². The molecule has 1 N–H and O–H groups in total. The maximum atomic E-state index is 12.4. The first-order valence-electron chi connectivity index (χ1n) is 6.91. The van der Waals surface area contributed by atoms with E-state index in [0.29, 0.717) is 16.7 Å². The molecular weight excluding hydrogens is 360 g/mol. The lowest BCUT2D eigenvalue weighted by atomic mass is 10.2. The highest BCUT2D eigenvalue weighted by Crippen LogP contribution is 2.14. The van der Waals surface area contributed by atoms with Crippen LogP contribution in [0.1, 0.15) is 5.69 Å². The van der Waals surface area contributed by atoms with Crippen LogP contribution >= 0.6 is 15.9 Å². The second-order valence-electron chi connectivity index (χ2n) is 5.05. The molecule has 0 unspecified atom stereocenters. The van der Waals surface area contributed by atoms with Crippen molar-refractivity contribution in [1.29, 1.82) is 0 Å². The highest BCUT2D eigenvalue weighted by atomic mass is 79.9. The zero-order valence-electron chi connectivity index (χ0n) is 12.3. The zero-order chi connectivity index (χ0) is 16.4. The van der Waals surface area contributed by atoms with Gasteiger partial charge in [0, 0.05) is 10.2 Å². The highest BCUT2D eigenvalue weighted by molar-refractivity contribution is 9.10. The number of rotatable bonds is 3. The topological polar surface area (TPSA) is 76.9 Å². The van der Waals surface area contributed by atoms with Gasteiger partial charge in [-0.1, -0.05) is 22.0 Å². The summed E-state index contributed by atoms with van der Waals surface area (Å²) in [7, 11) is 0. The van der Waals surface area contributed by atoms with Gasteiger partial charge in [0.05, 0.1) is 17.2 Å². The minimum Gasteiger partial charge on any atom is -0.309 e. The van der Waals surface area contributed by atoms with Crippen LogP contribution in [0.25, 0.3) is 10.9 Å². The number of nitrogens with zero attached hydrogens (tertiary/aromatic N) is 3. The van der Waals surface area contributed by atoms with Gasteiger partial charge >= 0.3 is 0 Å². The monoisotopic (exact) mass is 372 g/mol. The normalized spacial score (nSPS) is 10.7. The first-order valence-corrected chi connectivity index (χ1v) is 7.70. The largest absolute Gasteiger partial charge is 0.309 e. The number of carbonyl (C=O) groups is 1. The van der Waals surface area contributed by atoms with E-state index in [1.165, 1.54) is 10.9 Å². The molecule has 0 atom stereocenters. The number of nitrogens with one attached hydrogen (secondary N) is 1. The fourth-order valence-corrected chi connectivity index (χ4v) is 2.55. The molecular formula is C16H13BrN4O2. The first kappa shape index (κ1) is 15.4. The second kappa shape index (κ2) is 6.29. The van der Waals surface area contributed by atoms with Crippen LogP contribution in [-0.4, -0.2) is 20.4 Å². The average molecular weight is 373 g/mol. The number of fused-ring (bicyclic) bond motifs is 1. The van der Waals surface area contributed by atoms with E-state index in [0.717, 1.165) is 10.2 Å². The Bertz CT molecular complexity index is 952. The van der Waals surface area contributed by atoms with Crippen LogP contribution in [0.4, 0.5) is 5.82 Å². The number of amides is 1. The molecule has 0 aliphatic carbocycles. The smallest absolute Gasteiger partial charge is 0.261 e. The number of aryl methyl sites for hydroxylation is 1. The third-order valence-electron chi connectivity index (χ3n) is 3.26. The molecule has 0 radical (unpaired) electrons. The zero-order valence-corrected chi connectivity index (χ0v) is 13.9. The number of hydrogen-bond acceptors (Lipinski definition) is 4. The molecule has 3 rings (SSSR count). The Kier molecular flexibility index (Phi) is 4.20. The summed E-state index contributed by atoms with van der Waals surface area (Å²) in [6, 6.07) is 10.6. The van der Waals surface area contributed by atoms with E-state index in [4.69, 9.17) is 0 Å². The van der Waals surface area contributed by atoms with Crippen LogP contribution in [0.2, 0.25) is 0 Å². The Morgan fingerprint density at radius 1 is 1.30 bits per heavy atom. The number of carbonyl (C=O) groups excluding carboxylic acids is 1. The lowest BCUT2D eigenvalue weighted by molar-refractivity contribution is -0.116. The summed E-state index contributed by atoms with van der Waals surface area (Å²) < 4.78 is 2.06. The summed E-state index contributed by atoms with van der Waals surface area (Å²) in [6.07, 6.45) is 1.38. The molecule has 0 aliphatic rings. The van der Waals surface area contributed by atoms with Crippen molar-refractivity contribution in [1.82, 2.24) is 14.5 Å². The van der Waals surface area contributed by atoms with Crippen LogP contribution < -0.4 is 10.9 Å². The van der Waals surface area contributed by atoms with Crippen LogP contribution in [0.5, 0.6) is 0 Å². The second-order valence-corrected chi connectivity index (χ2v) is 5.97. The van der Waals surface area contributed by atoms with Crippen LogP contribution in [-0.2, 0) is 11.3 Å². The van der Waals surface area contributed by atoms with Gasteiger partial charge in [0.1, 0.15) is 12.4 Å². The van der Waals surface area contributed by atoms with Crippen molar-refractivity contribution in [2.75, 3.05) is 5.32 Å². The predicted molar refractivity (Wildman–Crippen MR) is 91.3 cm³/mol. The molecule has 23 heavy (non-hydrogen) atoms. The Morgan fingerprint density at radius 2 is 2.13 bits per heavy atom. The molecule has 0 saturated heterocycles. The van der Waals surface area contributed by atoms with E-state index in [9.17, 15) is 9.59 Å². The Labute approximate surface area is 140 Å². The third kappa shape index (κ3) is 3.45. The van der Waals surface area contributed by atoms with Gasteiger partial charge in [-0.15, -0.1) is 0 Å². The minimum atomic E-state index is -0.332. The molecule has 116 valence electrons. The standard InChI is InChI=1S/C16H13BrN4O2/c1-10-3-2-4-14(19-10)20-15(22)8-21-9-18-13-6-5-11(17)7-12(13)16(21)23/h2-7,9H,8H2,1H3,(H,19,20,22). The Hall–Kier alpha value is -2.54. The van der Waals surface area contributed by atoms with Crippen molar-refractivity contribution in [3.63, 3.8) is 0 Å². The molecule has 0 aliphatic heterocycles. The van der Waals surface area contributed by atoms with E-state index in [-0.39, 0.29) is 18.0 Å². The summed E-state index contributed by atoms with van der Waals surface area (Å²) in [5.41, 5.74) is 1.14. The fourth-order valence-electron chi connectivity index (χ4n) is 2.19. The van der Waals surface area contributed by atoms with Gasteiger partial charge in [0.25, 0.3) is 5.56 Å². The maximum Gasteiger partial charge on any atom is 0.261 e. The lowest BCUT2D eigenvalue weighted by Gasteiger charge is -2.08. The number of aromatic nitrogens is 3. The van der Waals surface area contributed by atoms with E-state index < -0.39 is 0 Å². The minimum absolute atomic E-state index is 0.121. The molecule has 0 bridgehead atoms. The van der Waals surface area contributed by atoms with Gasteiger partial charge in [-0.3, -0.25) is 14.2 Å². The lowest BCUT2D eigenvalue weighted by Crippen LogP contribution is -2.28. The van der Waals surface area contributed by atoms with Gasteiger partial charge in [-0.2, -0.15) is 0 Å². The quantitative estimate of drug-likeness (QED) is 0.766. The maximum absolute atomic E-state index is 12.4. The van der Waals surface area contributed by atoms with Crippen molar-refractivity contribution in [2.24, 2.45) is 0 Å². The molecule has 3 aromatic rings. The molecule has 2 heterocycles. The first-order chi connectivity index (χ1) is 11.0. The summed E-state index contributed by atoms with van der Waals surface area (Å²) in [5.74, 6) is 0.126. The van der Waals surface area contributed by atoms with E-state index >= 15 is 0 Å².